The Hall–Kier alpha value is -3.57. The first kappa shape index (κ1) is 31.8. The van der Waals surface area contributed by atoms with Gasteiger partial charge in [-0.15, -0.1) is 11.3 Å². The number of ether oxygens (including phenoxy) is 1. The molecule has 9 nitrogen and oxygen atoms in total. The van der Waals surface area contributed by atoms with E-state index in [1.165, 1.54) is 0 Å². The summed E-state index contributed by atoms with van der Waals surface area (Å²) in [5, 5.41) is 7.07. The zero-order valence-corrected chi connectivity index (χ0v) is 26.2. The number of rotatable bonds is 9. The number of primary amides is 1. The number of nitrogens with one attached hydrogen (secondary N) is 2. The third-order valence-electron chi connectivity index (χ3n) is 8.15. The fraction of sp³-hybridized carbons (Fsp3) is 0.394. The molecule has 6 rings (SSSR count). The van der Waals surface area contributed by atoms with Gasteiger partial charge in [-0.1, -0.05) is 29.8 Å². The van der Waals surface area contributed by atoms with Crippen molar-refractivity contribution in [3.05, 3.63) is 88.7 Å². The zero-order chi connectivity index (χ0) is 30.7. The molecule has 44 heavy (non-hydrogen) atoms. The Morgan fingerprint density at radius 2 is 1.80 bits per heavy atom. The van der Waals surface area contributed by atoms with E-state index >= 15 is 0 Å². The molecule has 1 unspecified atom stereocenters. The number of fused-ring (bicyclic) bond motifs is 1. The third kappa shape index (κ3) is 8.98. The highest BCUT2D eigenvalue weighted by molar-refractivity contribution is 7.16. The predicted molar refractivity (Wildman–Crippen MR) is 175 cm³/mol. The Morgan fingerprint density at radius 1 is 1.02 bits per heavy atom. The first-order chi connectivity index (χ1) is 21.5. The summed E-state index contributed by atoms with van der Waals surface area (Å²) in [6.45, 7) is 5.10. The number of pyridine rings is 1. The number of aromatic nitrogens is 2. The molecule has 2 aliphatic rings. The Morgan fingerprint density at radius 3 is 2.48 bits per heavy atom. The third-order valence-corrected chi connectivity index (χ3v) is 9.20. The van der Waals surface area contributed by atoms with E-state index in [9.17, 15) is 9.59 Å². The summed E-state index contributed by atoms with van der Waals surface area (Å²) in [5.74, 6) is 0.922. The van der Waals surface area contributed by atoms with Gasteiger partial charge in [-0.05, 0) is 99.9 Å². The molecule has 2 amide bonds. The number of carbonyl (C=O) groups is 2. The summed E-state index contributed by atoms with van der Waals surface area (Å²) in [5.41, 5.74) is 9.73. The Bertz CT molecular complexity index is 1490. The molecule has 0 aliphatic carbocycles. The van der Waals surface area contributed by atoms with Crippen molar-refractivity contribution in [2.75, 3.05) is 39.3 Å². The van der Waals surface area contributed by atoms with Gasteiger partial charge in [0, 0.05) is 29.6 Å². The van der Waals surface area contributed by atoms with Crippen molar-refractivity contribution in [2.45, 2.75) is 31.7 Å². The maximum Gasteiger partial charge on any atom is 0.224 e. The van der Waals surface area contributed by atoms with Crippen molar-refractivity contribution in [3.63, 3.8) is 0 Å². The van der Waals surface area contributed by atoms with Crippen LogP contribution in [0.25, 0.3) is 10.2 Å². The molecule has 11 heteroatoms. The van der Waals surface area contributed by atoms with Crippen LogP contribution in [0.3, 0.4) is 0 Å². The monoisotopic (exact) mass is 634 g/mol. The molecule has 4 aromatic rings. The van der Waals surface area contributed by atoms with Crippen LogP contribution in [0.4, 0.5) is 0 Å². The topological polar surface area (TPSA) is 122 Å². The molecule has 2 aromatic carbocycles. The number of thiazole rings is 1. The first-order valence-electron chi connectivity index (χ1n) is 15.1. The number of amides is 2. The van der Waals surface area contributed by atoms with Crippen LogP contribution in [0.1, 0.15) is 43.0 Å². The second kappa shape index (κ2) is 15.9. The van der Waals surface area contributed by atoms with E-state index in [0.717, 1.165) is 85.6 Å². The van der Waals surface area contributed by atoms with Crippen molar-refractivity contribution in [3.8, 4) is 5.75 Å². The number of piperidine rings is 2. The summed E-state index contributed by atoms with van der Waals surface area (Å²) >= 11 is 7.69. The molecule has 1 atom stereocenters. The number of hydrogen-bond acceptors (Lipinski definition) is 8. The zero-order valence-electron chi connectivity index (χ0n) is 24.7. The van der Waals surface area contributed by atoms with Crippen LogP contribution in [-0.4, -0.2) is 66.0 Å². The van der Waals surface area contributed by atoms with Gasteiger partial charge in [0.2, 0.25) is 11.8 Å². The molecule has 2 aliphatic heterocycles. The smallest absolute Gasteiger partial charge is 0.224 e. The summed E-state index contributed by atoms with van der Waals surface area (Å²) in [6.07, 6.45) is 5.23. The van der Waals surface area contributed by atoms with E-state index in [-0.39, 0.29) is 29.7 Å². The van der Waals surface area contributed by atoms with Crippen LogP contribution in [-0.2, 0) is 9.59 Å². The maximum absolute atomic E-state index is 13.2. The maximum atomic E-state index is 13.2. The van der Waals surface area contributed by atoms with E-state index in [4.69, 9.17) is 22.1 Å². The predicted octanol–water partition coefficient (Wildman–Crippen LogP) is 4.81. The van der Waals surface area contributed by atoms with Gasteiger partial charge in [0.05, 0.1) is 27.5 Å². The van der Waals surface area contributed by atoms with Gasteiger partial charge in [0.15, 0.2) is 0 Å². The molecule has 0 saturated carbocycles. The second-order valence-electron chi connectivity index (χ2n) is 11.1. The lowest BCUT2D eigenvalue weighted by atomic mass is 9.94. The summed E-state index contributed by atoms with van der Waals surface area (Å²) in [7, 11) is 0. The second-order valence-corrected chi connectivity index (χ2v) is 12.4. The van der Waals surface area contributed by atoms with Gasteiger partial charge >= 0.3 is 0 Å². The van der Waals surface area contributed by atoms with E-state index in [2.05, 4.69) is 25.5 Å². The van der Waals surface area contributed by atoms with Crippen molar-refractivity contribution in [2.24, 2.45) is 17.6 Å². The summed E-state index contributed by atoms with van der Waals surface area (Å²) < 4.78 is 7.10. The SMILES string of the molecule is NC(=O)C1CCNCC1.O=C(NC(c1ccc(Cl)cc1)c1ccccn1)C1CCN(CCOc2ccc3ncsc3c2)CC1. The van der Waals surface area contributed by atoms with Gasteiger partial charge in [-0.25, -0.2) is 4.98 Å². The lowest BCUT2D eigenvalue weighted by Gasteiger charge is -2.32. The van der Waals surface area contributed by atoms with Crippen LogP contribution < -0.4 is 21.1 Å². The summed E-state index contributed by atoms with van der Waals surface area (Å²) in [6, 6.07) is 19.0. The number of benzene rings is 2. The van der Waals surface area contributed by atoms with Gasteiger partial charge < -0.3 is 21.1 Å². The number of likely N-dealkylation sites (tertiary alicyclic amines) is 1. The molecular weight excluding hydrogens is 596 g/mol. The fourth-order valence-corrected chi connectivity index (χ4v) is 6.36. The number of hydrogen-bond donors (Lipinski definition) is 3. The number of nitrogens with two attached hydrogens (primary N) is 1. The van der Waals surface area contributed by atoms with Crippen LogP contribution in [0.2, 0.25) is 5.02 Å². The first-order valence-corrected chi connectivity index (χ1v) is 16.4. The highest BCUT2D eigenvalue weighted by Crippen LogP contribution is 2.26. The minimum absolute atomic E-state index is 0.0144. The average molecular weight is 635 g/mol. The van der Waals surface area contributed by atoms with Crippen molar-refractivity contribution in [1.82, 2.24) is 25.5 Å². The van der Waals surface area contributed by atoms with Crippen LogP contribution >= 0.6 is 22.9 Å². The average Bonchev–Trinajstić information content (AvgIpc) is 3.54. The Kier molecular flexibility index (Phi) is 11.5. The Balaban J connectivity index is 0.000000367. The molecule has 0 spiro atoms. The molecule has 0 bridgehead atoms. The number of halogens is 1. The molecule has 4 heterocycles. The molecule has 2 saturated heterocycles. The lowest BCUT2D eigenvalue weighted by molar-refractivity contribution is -0.127. The molecule has 2 fully saturated rings. The number of carbonyl (C=O) groups excluding carboxylic acids is 2. The normalized spacial score (nSPS) is 16.9. The van der Waals surface area contributed by atoms with Gasteiger partial charge in [-0.3, -0.25) is 19.5 Å². The number of nitrogens with zero attached hydrogens (tertiary/aromatic N) is 3. The quantitative estimate of drug-likeness (QED) is 0.241. The van der Waals surface area contributed by atoms with Crippen LogP contribution in [0.15, 0.2) is 72.4 Å². The standard InChI is InChI=1S/C27H27ClN4O2S.C6H12N2O/c28-21-6-4-19(5-7-21)26(24-3-1-2-12-29-24)31-27(33)20-10-13-32(14-11-20)15-16-34-22-8-9-23-25(17-22)35-18-30-23;7-6(9)5-1-3-8-4-2-5/h1-9,12,17-18,20,26H,10-11,13-16H2,(H,31,33);5,8H,1-4H2,(H2,7,9). The molecule has 232 valence electrons. The van der Waals surface area contributed by atoms with Crippen molar-refractivity contribution < 1.29 is 14.3 Å². The molecule has 4 N–H and O–H groups in total. The summed E-state index contributed by atoms with van der Waals surface area (Å²) in [4.78, 5) is 34.9. The molecule has 2 aromatic heterocycles. The van der Waals surface area contributed by atoms with E-state index < -0.39 is 0 Å². The highest BCUT2D eigenvalue weighted by Gasteiger charge is 2.28. The molecular formula is C33H39ClN6O3S. The largest absolute Gasteiger partial charge is 0.492 e. The van der Waals surface area contributed by atoms with E-state index in [1.54, 1.807) is 17.5 Å². The minimum atomic E-state index is -0.303. The van der Waals surface area contributed by atoms with Gasteiger partial charge in [0.25, 0.3) is 0 Å². The molecule has 0 radical (unpaired) electrons. The van der Waals surface area contributed by atoms with Gasteiger partial charge in [0.1, 0.15) is 12.4 Å². The van der Waals surface area contributed by atoms with Crippen molar-refractivity contribution in [1.29, 1.82) is 0 Å². The fourth-order valence-electron chi connectivity index (χ4n) is 5.53. The van der Waals surface area contributed by atoms with Crippen LogP contribution in [0.5, 0.6) is 5.75 Å². The minimum Gasteiger partial charge on any atom is -0.492 e. The van der Waals surface area contributed by atoms with Crippen molar-refractivity contribution >= 4 is 45.0 Å². The van der Waals surface area contributed by atoms with Crippen LogP contribution in [0, 0.1) is 11.8 Å². The lowest BCUT2D eigenvalue weighted by Crippen LogP contribution is -2.42. The van der Waals surface area contributed by atoms with E-state index in [1.807, 2.05) is 66.2 Å². The highest BCUT2D eigenvalue weighted by atomic mass is 35.5. The van der Waals surface area contributed by atoms with E-state index in [0.29, 0.717) is 11.6 Å². The Labute approximate surface area is 267 Å². The van der Waals surface area contributed by atoms with Gasteiger partial charge in [-0.2, -0.15) is 0 Å².